The number of ether oxygens (including phenoxy) is 1. The molecule has 1 amide bonds. The smallest absolute Gasteiger partial charge is 0.418 e. The van der Waals surface area contributed by atoms with Gasteiger partial charge in [-0.3, -0.25) is 9.36 Å². The number of carbonyl (C=O) groups is 3. The average Bonchev–Trinajstić information content (AvgIpc) is 3.05. The summed E-state index contributed by atoms with van der Waals surface area (Å²) in [6.45, 7) is 5.90. The van der Waals surface area contributed by atoms with Crippen LogP contribution in [0, 0.1) is 0 Å². The third-order valence-corrected chi connectivity index (χ3v) is 3.26. The van der Waals surface area contributed by atoms with Crippen molar-refractivity contribution in [3.63, 3.8) is 0 Å². The predicted octanol–water partition coefficient (Wildman–Crippen LogP) is 2.07. The van der Waals surface area contributed by atoms with Crippen molar-refractivity contribution >= 4 is 18.3 Å². The molecule has 0 unspecified atom stereocenters. The summed E-state index contributed by atoms with van der Waals surface area (Å²) in [6.07, 6.45) is 4.72. The Kier molecular flexibility index (Phi) is 4.16. The van der Waals surface area contributed by atoms with Crippen molar-refractivity contribution in [3.05, 3.63) is 24.0 Å². The van der Waals surface area contributed by atoms with Gasteiger partial charge in [0.05, 0.1) is 11.6 Å². The van der Waals surface area contributed by atoms with Crippen molar-refractivity contribution in [2.45, 2.75) is 45.3 Å². The van der Waals surface area contributed by atoms with Gasteiger partial charge >= 0.3 is 6.09 Å². The third-order valence-electron chi connectivity index (χ3n) is 3.26. The van der Waals surface area contributed by atoms with E-state index in [1.165, 1.54) is 17.0 Å². The van der Waals surface area contributed by atoms with Crippen LogP contribution < -0.4 is 0 Å². The first kappa shape index (κ1) is 15.3. The second kappa shape index (κ2) is 5.71. The Balaban J connectivity index is 2.11. The van der Waals surface area contributed by atoms with Crippen LogP contribution in [-0.4, -0.2) is 45.9 Å². The van der Waals surface area contributed by atoms with Gasteiger partial charge in [0.25, 0.3) is 5.91 Å². The molecule has 0 radical (unpaired) electrons. The number of nitrogens with zero attached hydrogens (tertiary/aromatic N) is 2. The Labute approximate surface area is 123 Å². The minimum atomic E-state index is -0.594. The lowest BCUT2D eigenvalue weighted by atomic mass is 10.2. The quantitative estimate of drug-likeness (QED) is 0.783. The van der Waals surface area contributed by atoms with Gasteiger partial charge in [0.15, 0.2) is 0 Å². The molecule has 0 saturated carbocycles. The monoisotopic (exact) mass is 292 g/mol. The summed E-state index contributed by atoms with van der Waals surface area (Å²) in [4.78, 5) is 36.7. The third kappa shape index (κ3) is 3.51. The molecule has 1 aromatic heterocycles. The number of carbonyl (C=O) groups excluding carboxylic acids is 3. The molecule has 114 valence electrons. The van der Waals surface area contributed by atoms with Crippen LogP contribution in [0.4, 0.5) is 4.79 Å². The molecule has 1 aromatic rings. The molecule has 1 fully saturated rings. The summed E-state index contributed by atoms with van der Waals surface area (Å²) >= 11 is 0. The molecule has 6 heteroatoms. The molecule has 21 heavy (non-hydrogen) atoms. The first-order chi connectivity index (χ1) is 9.81. The highest BCUT2D eigenvalue weighted by Gasteiger charge is 2.29. The molecule has 0 aliphatic carbocycles. The summed E-state index contributed by atoms with van der Waals surface area (Å²) in [5.74, 6) is -0.230. The number of aromatic nitrogens is 1. The molecular weight excluding hydrogens is 272 g/mol. The SMILES string of the molecule is CC(C)(C)OC(=O)n1ccc(C(=O)N2CCC[C@H]2C=O)c1. The lowest BCUT2D eigenvalue weighted by Crippen LogP contribution is -2.36. The Morgan fingerprint density at radius 2 is 2.10 bits per heavy atom. The van der Waals surface area contributed by atoms with Crippen molar-refractivity contribution in [1.82, 2.24) is 9.47 Å². The molecule has 1 atom stereocenters. The number of likely N-dealkylation sites (tertiary alicyclic amines) is 1. The van der Waals surface area contributed by atoms with Crippen molar-refractivity contribution in [1.29, 1.82) is 0 Å². The van der Waals surface area contributed by atoms with Gasteiger partial charge in [-0.1, -0.05) is 0 Å². The Morgan fingerprint density at radius 1 is 1.38 bits per heavy atom. The van der Waals surface area contributed by atoms with Gasteiger partial charge in [0, 0.05) is 18.9 Å². The highest BCUT2D eigenvalue weighted by molar-refractivity contribution is 5.96. The molecule has 2 rings (SSSR count). The Bertz CT molecular complexity index is 556. The molecular formula is C15H20N2O4. The molecule has 0 spiro atoms. The summed E-state index contributed by atoms with van der Waals surface area (Å²) in [6, 6.07) is 1.20. The standard InChI is InChI=1S/C15H20N2O4/c1-15(2,3)21-14(20)16-8-6-11(9-16)13(19)17-7-4-5-12(17)10-18/h6,8-10,12H,4-5,7H2,1-3H3/t12-/m0/s1. The van der Waals surface area contributed by atoms with Gasteiger partial charge in [-0.2, -0.15) is 0 Å². The van der Waals surface area contributed by atoms with E-state index in [0.29, 0.717) is 18.5 Å². The summed E-state index contributed by atoms with van der Waals surface area (Å²) in [5, 5.41) is 0. The number of aldehydes is 1. The van der Waals surface area contributed by atoms with Crippen LogP contribution >= 0.6 is 0 Å². The van der Waals surface area contributed by atoms with Crippen LogP contribution in [0.5, 0.6) is 0 Å². The number of rotatable bonds is 2. The molecule has 0 bridgehead atoms. The molecule has 1 aliphatic heterocycles. The van der Waals surface area contributed by atoms with Gasteiger partial charge in [-0.25, -0.2) is 4.79 Å². The number of hydrogen-bond donors (Lipinski definition) is 0. The van der Waals surface area contributed by atoms with E-state index in [2.05, 4.69) is 0 Å². The maximum atomic E-state index is 12.3. The van der Waals surface area contributed by atoms with E-state index in [4.69, 9.17) is 4.74 Å². The van der Waals surface area contributed by atoms with Gasteiger partial charge in [0.1, 0.15) is 11.9 Å². The molecule has 6 nitrogen and oxygen atoms in total. The number of amides is 1. The fourth-order valence-electron chi connectivity index (χ4n) is 2.30. The first-order valence-electron chi connectivity index (χ1n) is 6.99. The second-order valence-electron chi connectivity index (χ2n) is 6.13. The molecule has 1 saturated heterocycles. The van der Waals surface area contributed by atoms with E-state index in [1.54, 1.807) is 31.7 Å². The van der Waals surface area contributed by atoms with Crippen molar-refractivity contribution in [2.24, 2.45) is 0 Å². The zero-order valence-electron chi connectivity index (χ0n) is 12.5. The van der Waals surface area contributed by atoms with Crippen molar-refractivity contribution in [2.75, 3.05) is 6.54 Å². The van der Waals surface area contributed by atoms with E-state index in [0.717, 1.165) is 12.7 Å². The predicted molar refractivity (Wildman–Crippen MR) is 76.2 cm³/mol. The average molecular weight is 292 g/mol. The minimum Gasteiger partial charge on any atom is -0.443 e. The van der Waals surface area contributed by atoms with E-state index in [9.17, 15) is 14.4 Å². The van der Waals surface area contributed by atoms with Crippen LogP contribution in [0.15, 0.2) is 18.5 Å². The summed E-state index contributed by atoms with van der Waals surface area (Å²) in [5.41, 5.74) is -0.210. The van der Waals surface area contributed by atoms with E-state index < -0.39 is 11.7 Å². The second-order valence-corrected chi connectivity index (χ2v) is 6.13. The summed E-state index contributed by atoms with van der Waals surface area (Å²) < 4.78 is 6.47. The van der Waals surface area contributed by atoms with Crippen molar-refractivity contribution < 1.29 is 19.1 Å². The van der Waals surface area contributed by atoms with Crippen LogP contribution in [-0.2, 0) is 9.53 Å². The maximum Gasteiger partial charge on any atom is 0.418 e. The van der Waals surface area contributed by atoms with E-state index in [-0.39, 0.29) is 11.9 Å². The lowest BCUT2D eigenvalue weighted by molar-refractivity contribution is -0.111. The fourth-order valence-corrected chi connectivity index (χ4v) is 2.30. The first-order valence-corrected chi connectivity index (χ1v) is 6.99. The molecule has 0 aromatic carbocycles. The number of hydrogen-bond acceptors (Lipinski definition) is 4. The highest BCUT2D eigenvalue weighted by Crippen LogP contribution is 2.19. The van der Waals surface area contributed by atoms with Crippen LogP contribution in [0.25, 0.3) is 0 Å². The normalized spacial score (nSPS) is 18.6. The van der Waals surface area contributed by atoms with E-state index in [1.807, 2.05) is 0 Å². The van der Waals surface area contributed by atoms with Gasteiger partial charge in [-0.05, 0) is 39.7 Å². The van der Waals surface area contributed by atoms with Crippen LogP contribution in [0.1, 0.15) is 44.0 Å². The fraction of sp³-hybridized carbons (Fsp3) is 0.533. The largest absolute Gasteiger partial charge is 0.443 e. The Morgan fingerprint density at radius 3 is 2.71 bits per heavy atom. The molecule has 1 aliphatic rings. The lowest BCUT2D eigenvalue weighted by Gasteiger charge is -2.20. The van der Waals surface area contributed by atoms with Gasteiger partial charge < -0.3 is 14.4 Å². The van der Waals surface area contributed by atoms with Crippen LogP contribution in [0.2, 0.25) is 0 Å². The van der Waals surface area contributed by atoms with Crippen LogP contribution in [0.3, 0.4) is 0 Å². The zero-order chi connectivity index (χ0) is 15.6. The topological polar surface area (TPSA) is 68.6 Å². The molecule has 2 heterocycles. The zero-order valence-corrected chi connectivity index (χ0v) is 12.5. The minimum absolute atomic E-state index is 0.230. The Hall–Kier alpha value is -2.11. The highest BCUT2D eigenvalue weighted by atomic mass is 16.6. The van der Waals surface area contributed by atoms with Gasteiger partial charge in [-0.15, -0.1) is 0 Å². The van der Waals surface area contributed by atoms with E-state index >= 15 is 0 Å². The molecule has 0 N–H and O–H groups in total. The van der Waals surface area contributed by atoms with Crippen molar-refractivity contribution in [3.8, 4) is 0 Å². The van der Waals surface area contributed by atoms with Gasteiger partial charge in [0.2, 0.25) is 0 Å². The maximum absolute atomic E-state index is 12.3. The summed E-state index contributed by atoms with van der Waals surface area (Å²) in [7, 11) is 0.